The smallest absolute Gasteiger partial charge is 0.339 e. The standard InChI is InChI=1S/C20H19N3O4.CH4/c21-18(24)12-7-5-11(6-8-12)15-10-23(13-3-1-2-4-13)17-14(20(26)27)9-22-19(25)16(15)17;/h5-10,13H,1-4H2,(H2,21,24)(H,22,25)(H,26,27);1H4. The number of hydrogen-bond donors (Lipinski definition) is 3. The van der Waals surface area contributed by atoms with Crippen LogP contribution in [0.15, 0.2) is 41.5 Å². The highest BCUT2D eigenvalue weighted by Gasteiger charge is 2.25. The van der Waals surface area contributed by atoms with Gasteiger partial charge >= 0.3 is 5.97 Å². The van der Waals surface area contributed by atoms with Gasteiger partial charge in [-0.15, -0.1) is 0 Å². The number of amides is 1. The molecule has 7 nitrogen and oxygen atoms in total. The number of carboxylic acid groups (broad SMARTS) is 1. The molecule has 1 saturated carbocycles. The van der Waals surface area contributed by atoms with Crippen molar-refractivity contribution in [2.24, 2.45) is 5.73 Å². The van der Waals surface area contributed by atoms with Crippen LogP contribution in [0.2, 0.25) is 0 Å². The Kier molecular flexibility index (Phi) is 5.09. The molecular formula is C21H23N3O4. The average molecular weight is 381 g/mol. The first kappa shape index (κ1) is 19.4. The van der Waals surface area contributed by atoms with Crippen LogP contribution in [0, 0.1) is 0 Å². The Morgan fingerprint density at radius 2 is 1.79 bits per heavy atom. The lowest BCUT2D eigenvalue weighted by molar-refractivity contribution is 0.0697. The number of nitrogens with zero attached hydrogens (tertiary/aromatic N) is 1. The number of fused-ring (bicyclic) bond motifs is 1. The second-order valence-corrected chi connectivity index (χ2v) is 6.89. The first-order chi connectivity index (χ1) is 13.0. The molecule has 146 valence electrons. The number of hydrogen-bond acceptors (Lipinski definition) is 3. The lowest BCUT2D eigenvalue weighted by Crippen LogP contribution is -2.13. The van der Waals surface area contributed by atoms with Gasteiger partial charge in [-0.3, -0.25) is 9.59 Å². The maximum absolute atomic E-state index is 12.6. The van der Waals surface area contributed by atoms with E-state index in [2.05, 4.69) is 4.98 Å². The Bertz CT molecular complexity index is 1100. The van der Waals surface area contributed by atoms with Gasteiger partial charge in [-0.25, -0.2) is 4.79 Å². The van der Waals surface area contributed by atoms with Crippen molar-refractivity contribution >= 4 is 22.8 Å². The van der Waals surface area contributed by atoms with E-state index < -0.39 is 11.9 Å². The largest absolute Gasteiger partial charge is 0.478 e. The van der Waals surface area contributed by atoms with Gasteiger partial charge in [-0.05, 0) is 30.5 Å². The van der Waals surface area contributed by atoms with Crippen LogP contribution in [-0.4, -0.2) is 26.5 Å². The van der Waals surface area contributed by atoms with E-state index >= 15 is 0 Å². The van der Waals surface area contributed by atoms with Crippen LogP contribution in [0.1, 0.15) is 59.9 Å². The molecule has 1 amide bonds. The predicted octanol–water partition coefficient (Wildman–Crippen LogP) is 3.54. The van der Waals surface area contributed by atoms with Crippen molar-refractivity contribution in [3.63, 3.8) is 0 Å². The van der Waals surface area contributed by atoms with Crippen molar-refractivity contribution in [1.29, 1.82) is 0 Å². The number of nitrogens with two attached hydrogens (primary N) is 1. The molecule has 7 heteroatoms. The number of pyridine rings is 1. The molecule has 1 aliphatic rings. The summed E-state index contributed by atoms with van der Waals surface area (Å²) in [5.74, 6) is -1.61. The van der Waals surface area contributed by atoms with Gasteiger partial charge in [0.05, 0.1) is 10.9 Å². The zero-order valence-electron chi connectivity index (χ0n) is 14.6. The molecule has 1 aliphatic carbocycles. The normalized spacial score (nSPS) is 14.1. The second-order valence-electron chi connectivity index (χ2n) is 6.89. The maximum Gasteiger partial charge on any atom is 0.339 e. The van der Waals surface area contributed by atoms with Crippen molar-refractivity contribution in [3.05, 3.63) is 58.1 Å². The highest BCUT2D eigenvalue weighted by Crippen LogP contribution is 2.37. The number of H-pyrrole nitrogens is 1. The summed E-state index contributed by atoms with van der Waals surface area (Å²) in [6.45, 7) is 0. The monoisotopic (exact) mass is 381 g/mol. The Morgan fingerprint density at radius 1 is 1.14 bits per heavy atom. The molecule has 4 rings (SSSR count). The molecular weight excluding hydrogens is 358 g/mol. The number of carboxylic acids is 1. The molecule has 0 saturated heterocycles. The molecule has 28 heavy (non-hydrogen) atoms. The van der Waals surface area contributed by atoms with Gasteiger partial charge in [0, 0.05) is 29.6 Å². The Hall–Kier alpha value is -3.35. The number of carbonyl (C=O) groups excluding carboxylic acids is 1. The summed E-state index contributed by atoms with van der Waals surface area (Å²) in [6, 6.07) is 6.82. The molecule has 2 heterocycles. The van der Waals surface area contributed by atoms with E-state index in [0.717, 1.165) is 31.2 Å². The maximum atomic E-state index is 12.6. The van der Waals surface area contributed by atoms with Gasteiger partial charge in [0.2, 0.25) is 5.91 Å². The molecule has 0 spiro atoms. The third kappa shape index (κ3) is 3.09. The minimum absolute atomic E-state index is 0. The SMILES string of the molecule is C.NC(=O)c1ccc(-c2cn(C3CCCC3)c3c(C(=O)O)c[nH]c(=O)c23)cc1. The van der Waals surface area contributed by atoms with Crippen LogP contribution in [0.25, 0.3) is 22.0 Å². The van der Waals surface area contributed by atoms with Crippen LogP contribution in [0.5, 0.6) is 0 Å². The molecule has 0 aliphatic heterocycles. The number of benzene rings is 1. The fourth-order valence-electron chi connectivity index (χ4n) is 3.97. The summed E-state index contributed by atoms with van der Waals surface area (Å²) in [5, 5.41) is 9.99. The minimum Gasteiger partial charge on any atom is -0.478 e. The average Bonchev–Trinajstić information content (AvgIpc) is 3.30. The van der Waals surface area contributed by atoms with Crippen molar-refractivity contribution in [2.75, 3.05) is 0 Å². The molecule has 0 bridgehead atoms. The van der Waals surface area contributed by atoms with Gasteiger partial charge in [-0.2, -0.15) is 0 Å². The number of primary amides is 1. The summed E-state index contributed by atoms with van der Waals surface area (Å²) in [5.41, 5.74) is 7.25. The Morgan fingerprint density at radius 3 is 2.36 bits per heavy atom. The number of aromatic carboxylic acids is 1. The van der Waals surface area contributed by atoms with Gasteiger partial charge in [-0.1, -0.05) is 32.4 Å². The fourth-order valence-corrected chi connectivity index (χ4v) is 3.97. The van der Waals surface area contributed by atoms with Crippen LogP contribution >= 0.6 is 0 Å². The van der Waals surface area contributed by atoms with Crippen molar-refractivity contribution in [2.45, 2.75) is 39.2 Å². The van der Waals surface area contributed by atoms with Gasteiger partial charge in [0.25, 0.3) is 5.56 Å². The molecule has 0 atom stereocenters. The summed E-state index contributed by atoms with van der Waals surface area (Å²) in [4.78, 5) is 38.2. The lowest BCUT2D eigenvalue weighted by Gasteiger charge is -2.14. The first-order valence-corrected chi connectivity index (χ1v) is 8.87. The summed E-state index contributed by atoms with van der Waals surface area (Å²) < 4.78 is 1.94. The number of aromatic nitrogens is 2. The lowest BCUT2D eigenvalue weighted by atomic mass is 10.0. The molecule has 0 unspecified atom stereocenters. The zero-order valence-corrected chi connectivity index (χ0v) is 14.6. The third-order valence-electron chi connectivity index (χ3n) is 5.29. The van der Waals surface area contributed by atoms with Gasteiger partial charge < -0.3 is 20.4 Å². The molecule has 2 aromatic heterocycles. The summed E-state index contributed by atoms with van der Waals surface area (Å²) in [6.07, 6.45) is 7.20. The van der Waals surface area contributed by atoms with E-state index in [9.17, 15) is 19.5 Å². The van der Waals surface area contributed by atoms with Crippen molar-refractivity contribution in [1.82, 2.24) is 9.55 Å². The van der Waals surface area contributed by atoms with Crippen LogP contribution in [0.3, 0.4) is 0 Å². The highest BCUT2D eigenvalue weighted by atomic mass is 16.4. The van der Waals surface area contributed by atoms with E-state index in [-0.39, 0.29) is 24.6 Å². The quantitative estimate of drug-likeness (QED) is 0.640. The number of carbonyl (C=O) groups is 2. The Balaban J connectivity index is 0.00000225. The highest BCUT2D eigenvalue weighted by molar-refractivity contribution is 6.07. The molecule has 0 radical (unpaired) electrons. The van der Waals surface area contributed by atoms with Crippen LogP contribution < -0.4 is 11.3 Å². The number of rotatable bonds is 4. The van der Waals surface area contributed by atoms with Crippen LogP contribution in [0.4, 0.5) is 0 Å². The van der Waals surface area contributed by atoms with Crippen LogP contribution in [-0.2, 0) is 0 Å². The number of nitrogens with one attached hydrogen (secondary N) is 1. The Labute approximate surface area is 161 Å². The molecule has 1 aromatic carbocycles. The summed E-state index contributed by atoms with van der Waals surface area (Å²) in [7, 11) is 0. The first-order valence-electron chi connectivity index (χ1n) is 8.87. The van der Waals surface area contributed by atoms with E-state index in [0.29, 0.717) is 22.0 Å². The molecule has 4 N–H and O–H groups in total. The zero-order chi connectivity index (χ0) is 19.1. The van der Waals surface area contributed by atoms with E-state index in [1.807, 2.05) is 10.8 Å². The van der Waals surface area contributed by atoms with Crippen molar-refractivity contribution < 1.29 is 14.7 Å². The minimum atomic E-state index is -1.08. The second kappa shape index (κ2) is 7.34. The molecule has 3 aromatic rings. The van der Waals surface area contributed by atoms with Gasteiger partial charge in [0.15, 0.2) is 0 Å². The fraction of sp³-hybridized carbons (Fsp3) is 0.286. The molecule has 1 fully saturated rings. The van der Waals surface area contributed by atoms with Gasteiger partial charge in [0.1, 0.15) is 5.56 Å². The van der Waals surface area contributed by atoms with E-state index in [1.165, 1.54) is 6.20 Å². The van der Waals surface area contributed by atoms with E-state index in [4.69, 9.17) is 5.73 Å². The van der Waals surface area contributed by atoms with E-state index in [1.54, 1.807) is 24.3 Å². The third-order valence-corrected chi connectivity index (χ3v) is 5.29. The predicted molar refractivity (Wildman–Crippen MR) is 108 cm³/mol. The summed E-state index contributed by atoms with van der Waals surface area (Å²) >= 11 is 0. The van der Waals surface area contributed by atoms with Crippen molar-refractivity contribution in [3.8, 4) is 11.1 Å². The topological polar surface area (TPSA) is 118 Å². The number of aromatic amines is 1.